The monoisotopic (exact) mass is 290 g/mol. The van der Waals surface area contributed by atoms with E-state index in [2.05, 4.69) is 5.32 Å². The van der Waals surface area contributed by atoms with E-state index in [1.165, 1.54) is 0 Å². The van der Waals surface area contributed by atoms with Gasteiger partial charge in [-0.05, 0) is 31.4 Å². The quantitative estimate of drug-likeness (QED) is 0.667. The Morgan fingerprint density at radius 2 is 2.19 bits per heavy atom. The van der Waals surface area contributed by atoms with Crippen LogP contribution in [0.2, 0.25) is 0 Å². The third-order valence-electron chi connectivity index (χ3n) is 3.38. The highest BCUT2D eigenvalue weighted by Gasteiger charge is 2.21. The first kappa shape index (κ1) is 15.0. The van der Waals surface area contributed by atoms with E-state index < -0.39 is 18.4 Å². The molecule has 0 fully saturated rings. The normalized spacial score (nSPS) is 17.3. The number of allylic oxidation sites excluding steroid dienone is 2. The predicted octanol–water partition coefficient (Wildman–Crippen LogP) is 1.18. The molecule has 0 saturated heterocycles. The van der Waals surface area contributed by atoms with Crippen LogP contribution in [-0.4, -0.2) is 29.0 Å². The molecule has 0 bridgehead atoms. The summed E-state index contributed by atoms with van der Waals surface area (Å²) in [5, 5.41) is 2.19. The van der Waals surface area contributed by atoms with Crippen LogP contribution in [0, 0.1) is 5.92 Å². The molecule has 112 valence electrons. The molecule has 6 nitrogen and oxygen atoms in total. The zero-order chi connectivity index (χ0) is 15.2. The van der Waals surface area contributed by atoms with Gasteiger partial charge in [0.25, 0.3) is 11.8 Å². The largest absolute Gasteiger partial charge is 0.455 e. The maximum Gasteiger partial charge on any atom is 0.309 e. The SMILES string of the molecule is Cn1cccc1C(=O)NC(=O)COC(=O)C1CC=CCC1. The van der Waals surface area contributed by atoms with Gasteiger partial charge in [-0.15, -0.1) is 0 Å². The van der Waals surface area contributed by atoms with E-state index in [0.717, 1.165) is 12.8 Å². The summed E-state index contributed by atoms with van der Waals surface area (Å²) in [6.45, 7) is -0.435. The second-order valence-electron chi connectivity index (χ2n) is 4.97. The van der Waals surface area contributed by atoms with E-state index in [1.54, 1.807) is 29.9 Å². The Balaban J connectivity index is 1.77. The highest BCUT2D eigenvalue weighted by Crippen LogP contribution is 2.19. The maximum absolute atomic E-state index is 11.8. The van der Waals surface area contributed by atoms with Crippen molar-refractivity contribution in [2.24, 2.45) is 13.0 Å². The summed E-state index contributed by atoms with van der Waals surface area (Å²) in [6.07, 6.45) is 7.89. The summed E-state index contributed by atoms with van der Waals surface area (Å²) >= 11 is 0. The molecule has 1 N–H and O–H groups in total. The molecule has 1 aliphatic rings. The van der Waals surface area contributed by atoms with Crippen molar-refractivity contribution in [3.05, 3.63) is 36.2 Å². The van der Waals surface area contributed by atoms with Gasteiger partial charge in [0.05, 0.1) is 5.92 Å². The molecule has 1 unspecified atom stereocenters. The minimum Gasteiger partial charge on any atom is -0.455 e. The lowest BCUT2D eigenvalue weighted by Crippen LogP contribution is -2.35. The van der Waals surface area contributed by atoms with Gasteiger partial charge >= 0.3 is 5.97 Å². The molecular weight excluding hydrogens is 272 g/mol. The van der Waals surface area contributed by atoms with Crippen molar-refractivity contribution < 1.29 is 19.1 Å². The minimum absolute atomic E-state index is 0.189. The number of aromatic nitrogens is 1. The fourth-order valence-electron chi connectivity index (χ4n) is 2.19. The number of carbonyl (C=O) groups excluding carboxylic acids is 3. The Morgan fingerprint density at radius 1 is 1.38 bits per heavy atom. The summed E-state index contributed by atoms with van der Waals surface area (Å²) < 4.78 is 6.55. The third-order valence-corrected chi connectivity index (χ3v) is 3.38. The van der Waals surface area contributed by atoms with Crippen LogP contribution in [0.25, 0.3) is 0 Å². The van der Waals surface area contributed by atoms with Crippen molar-refractivity contribution >= 4 is 17.8 Å². The van der Waals surface area contributed by atoms with Crippen molar-refractivity contribution in [1.29, 1.82) is 0 Å². The van der Waals surface area contributed by atoms with Crippen LogP contribution in [0.1, 0.15) is 29.8 Å². The van der Waals surface area contributed by atoms with Crippen LogP contribution in [0.3, 0.4) is 0 Å². The molecule has 2 rings (SSSR count). The van der Waals surface area contributed by atoms with Crippen molar-refractivity contribution in [3.63, 3.8) is 0 Å². The number of esters is 1. The van der Waals surface area contributed by atoms with E-state index in [4.69, 9.17) is 4.74 Å². The van der Waals surface area contributed by atoms with E-state index in [1.807, 2.05) is 12.2 Å². The molecule has 0 radical (unpaired) electrons. The van der Waals surface area contributed by atoms with E-state index >= 15 is 0 Å². The lowest BCUT2D eigenvalue weighted by atomic mass is 9.95. The average molecular weight is 290 g/mol. The summed E-state index contributed by atoms with van der Waals surface area (Å²) in [7, 11) is 1.70. The highest BCUT2D eigenvalue weighted by atomic mass is 16.5. The van der Waals surface area contributed by atoms with E-state index in [-0.39, 0.29) is 11.9 Å². The Labute approximate surface area is 122 Å². The number of imide groups is 1. The topological polar surface area (TPSA) is 77.4 Å². The molecule has 1 heterocycles. The van der Waals surface area contributed by atoms with Gasteiger partial charge in [0, 0.05) is 13.2 Å². The number of amides is 2. The lowest BCUT2D eigenvalue weighted by molar-refractivity contribution is -0.152. The highest BCUT2D eigenvalue weighted by molar-refractivity contribution is 6.04. The Bertz CT molecular complexity index is 574. The summed E-state index contributed by atoms with van der Waals surface area (Å²) in [6, 6.07) is 3.30. The molecule has 21 heavy (non-hydrogen) atoms. The predicted molar refractivity (Wildman–Crippen MR) is 75.3 cm³/mol. The van der Waals surface area contributed by atoms with Crippen LogP contribution < -0.4 is 5.32 Å². The van der Waals surface area contributed by atoms with E-state index in [0.29, 0.717) is 12.1 Å². The Morgan fingerprint density at radius 3 is 2.81 bits per heavy atom. The van der Waals surface area contributed by atoms with Gasteiger partial charge in [0.2, 0.25) is 0 Å². The number of aryl methyl sites for hydroxylation is 1. The van der Waals surface area contributed by atoms with Gasteiger partial charge in [-0.1, -0.05) is 12.2 Å². The number of carbonyl (C=O) groups is 3. The van der Waals surface area contributed by atoms with Gasteiger partial charge in [-0.25, -0.2) is 0 Å². The molecule has 6 heteroatoms. The summed E-state index contributed by atoms with van der Waals surface area (Å²) in [5.74, 6) is -1.71. The van der Waals surface area contributed by atoms with E-state index in [9.17, 15) is 14.4 Å². The van der Waals surface area contributed by atoms with Gasteiger partial charge in [-0.3, -0.25) is 19.7 Å². The Hall–Kier alpha value is -2.37. The van der Waals surface area contributed by atoms with Crippen LogP contribution in [0.15, 0.2) is 30.5 Å². The fraction of sp³-hybridized carbons (Fsp3) is 0.400. The molecule has 0 saturated carbocycles. The first-order chi connectivity index (χ1) is 10.1. The first-order valence-corrected chi connectivity index (χ1v) is 6.85. The smallest absolute Gasteiger partial charge is 0.309 e. The van der Waals surface area contributed by atoms with Crippen LogP contribution in [0.5, 0.6) is 0 Å². The molecule has 1 aliphatic carbocycles. The zero-order valence-corrected chi connectivity index (χ0v) is 11.9. The van der Waals surface area contributed by atoms with Gasteiger partial charge in [0.15, 0.2) is 6.61 Å². The molecule has 0 spiro atoms. The number of nitrogens with one attached hydrogen (secondary N) is 1. The van der Waals surface area contributed by atoms with Crippen molar-refractivity contribution in [2.75, 3.05) is 6.61 Å². The molecular formula is C15H18N2O4. The van der Waals surface area contributed by atoms with Crippen LogP contribution in [-0.2, 0) is 21.4 Å². The van der Waals surface area contributed by atoms with Crippen molar-refractivity contribution in [1.82, 2.24) is 9.88 Å². The molecule has 2 amide bonds. The van der Waals surface area contributed by atoms with Gasteiger partial charge < -0.3 is 9.30 Å². The second-order valence-corrected chi connectivity index (χ2v) is 4.97. The maximum atomic E-state index is 11.8. The lowest BCUT2D eigenvalue weighted by Gasteiger charge is -2.16. The first-order valence-electron chi connectivity index (χ1n) is 6.85. The number of hydrogen-bond acceptors (Lipinski definition) is 4. The van der Waals surface area contributed by atoms with Gasteiger partial charge in [-0.2, -0.15) is 0 Å². The number of rotatable bonds is 4. The van der Waals surface area contributed by atoms with Gasteiger partial charge in [0.1, 0.15) is 5.69 Å². The third kappa shape index (κ3) is 4.05. The zero-order valence-electron chi connectivity index (χ0n) is 11.9. The molecule has 1 aromatic heterocycles. The molecule has 1 aromatic rings. The fourth-order valence-corrected chi connectivity index (χ4v) is 2.19. The Kier molecular flexibility index (Phi) is 4.92. The molecule has 1 atom stereocenters. The molecule has 0 aliphatic heterocycles. The summed E-state index contributed by atoms with van der Waals surface area (Å²) in [4.78, 5) is 35.1. The number of hydrogen-bond donors (Lipinski definition) is 1. The minimum atomic E-state index is -0.624. The molecule has 0 aromatic carbocycles. The standard InChI is InChI=1S/C15H18N2O4/c1-17-9-5-8-12(17)14(19)16-13(18)10-21-15(20)11-6-3-2-4-7-11/h2-3,5,8-9,11H,4,6-7,10H2,1H3,(H,16,18,19). The van der Waals surface area contributed by atoms with Crippen LogP contribution >= 0.6 is 0 Å². The van der Waals surface area contributed by atoms with Crippen LogP contribution in [0.4, 0.5) is 0 Å². The number of ether oxygens (including phenoxy) is 1. The summed E-state index contributed by atoms with van der Waals surface area (Å²) in [5.41, 5.74) is 0.368. The van der Waals surface area contributed by atoms with Crippen molar-refractivity contribution in [3.8, 4) is 0 Å². The number of nitrogens with zero attached hydrogens (tertiary/aromatic N) is 1. The average Bonchev–Trinajstić information content (AvgIpc) is 2.92. The second kappa shape index (κ2) is 6.88. The van der Waals surface area contributed by atoms with Crippen molar-refractivity contribution in [2.45, 2.75) is 19.3 Å².